The maximum Gasteiger partial charge on any atom is 0.317 e. The number of hydrogen-bond donors (Lipinski definition) is 2. The first-order valence-electron chi connectivity index (χ1n) is 3.73. The second-order valence-corrected chi connectivity index (χ2v) is 3.93. The van der Waals surface area contributed by atoms with Crippen molar-refractivity contribution in [2.45, 2.75) is 11.7 Å². The lowest BCUT2D eigenvalue weighted by atomic mass is 10.3. The van der Waals surface area contributed by atoms with Gasteiger partial charge in [-0.25, -0.2) is 0 Å². The van der Waals surface area contributed by atoms with Crippen molar-refractivity contribution in [3.05, 3.63) is 0 Å². The highest BCUT2D eigenvalue weighted by Crippen LogP contribution is 2.17. The Balaban J connectivity index is 4.31. The van der Waals surface area contributed by atoms with E-state index in [0.29, 0.717) is 11.8 Å². The zero-order valence-electron chi connectivity index (χ0n) is 7.89. The number of thioether (sulfide) groups is 1. The monoisotopic (exact) mass is 220 g/mol. The van der Waals surface area contributed by atoms with Crippen LogP contribution in [0.25, 0.3) is 0 Å². The molecule has 0 aliphatic rings. The molecule has 2 amide bonds. The molecule has 0 saturated heterocycles. The summed E-state index contributed by atoms with van der Waals surface area (Å²) >= 11 is 0.576. The lowest BCUT2D eigenvalue weighted by Crippen LogP contribution is -2.28. The van der Waals surface area contributed by atoms with Crippen LogP contribution in [0.5, 0.6) is 0 Å². The molecule has 0 spiro atoms. The third-order valence-electron chi connectivity index (χ3n) is 1.27. The van der Waals surface area contributed by atoms with Gasteiger partial charge >= 0.3 is 5.97 Å². The van der Waals surface area contributed by atoms with Crippen LogP contribution in [0.1, 0.15) is 6.42 Å². The minimum Gasteiger partial charge on any atom is -0.480 e. The predicted octanol–water partition coefficient (Wildman–Crippen LogP) is -0.270. The molecule has 3 N–H and O–H groups in total. The van der Waals surface area contributed by atoms with Gasteiger partial charge in [0.25, 0.3) is 5.24 Å². The zero-order valence-corrected chi connectivity index (χ0v) is 8.71. The van der Waals surface area contributed by atoms with Crippen LogP contribution in [0.15, 0.2) is 0 Å². The van der Waals surface area contributed by atoms with Crippen LogP contribution in [0.2, 0.25) is 0 Å². The SMILES string of the molecule is CN(C)C(=O)S[C@H](CC(N)=O)C(=O)O. The Morgan fingerprint density at radius 2 is 1.93 bits per heavy atom. The summed E-state index contributed by atoms with van der Waals surface area (Å²) in [4.78, 5) is 33.4. The van der Waals surface area contributed by atoms with Crippen molar-refractivity contribution in [1.82, 2.24) is 4.90 Å². The lowest BCUT2D eigenvalue weighted by Gasteiger charge is -2.13. The number of primary amides is 1. The standard InChI is InChI=1S/C7H12N2O4S/c1-9(2)7(13)14-4(6(11)12)3-5(8)10/h4H,3H2,1-2H3,(H2,8,10)(H,11,12)/t4-/m1/s1. The number of amides is 2. The summed E-state index contributed by atoms with van der Waals surface area (Å²) in [5, 5.41) is 7.13. The summed E-state index contributed by atoms with van der Waals surface area (Å²) in [6.45, 7) is 0. The number of nitrogens with two attached hydrogens (primary N) is 1. The highest BCUT2D eigenvalue weighted by Gasteiger charge is 2.24. The van der Waals surface area contributed by atoms with E-state index in [9.17, 15) is 14.4 Å². The van der Waals surface area contributed by atoms with Crippen LogP contribution in [0.3, 0.4) is 0 Å². The van der Waals surface area contributed by atoms with Gasteiger partial charge in [-0.1, -0.05) is 0 Å². The first-order valence-corrected chi connectivity index (χ1v) is 4.61. The molecule has 0 radical (unpaired) electrons. The average Bonchev–Trinajstić information content (AvgIpc) is 2.01. The summed E-state index contributed by atoms with van der Waals surface area (Å²) in [5.74, 6) is -1.96. The molecule has 0 fully saturated rings. The van der Waals surface area contributed by atoms with E-state index < -0.39 is 22.4 Å². The number of rotatable bonds is 4. The van der Waals surface area contributed by atoms with Gasteiger partial charge in [-0.15, -0.1) is 0 Å². The molecule has 1 atom stereocenters. The van der Waals surface area contributed by atoms with E-state index in [1.807, 2.05) is 0 Å². The Hall–Kier alpha value is -1.24. The Kier molecular flexibility index (Phi) is 5.00. The number of carbonyl (C=O) groups excluding carboxylic acids is 2. The van der Waals surface area contributed by atoms with Crippen molar-refractivity contribution in [1.29, 1.82) is 0 Å². The molecule has 0 aromatic heterocycles. The smallest absolute Gasteiger partial charge is 0.317 e. The minimum atomic E-state index is -1.22. The van der Waals surface area contributed by atoms with E-state index in [1.165, 1.54) is 19.0 Å². The van der Waals surface area contributed by atoms with Gasteiger partial charge in [0.2, 0.25) is 5.91 Å². The summed E-state index contributed by atoms with van der Waals surface area (Å²) in [6, 6.07) is 0. The summed E-state index contributed by atoms with van der Waals surface area (Å²) in [5.41, 5.74) is 4.84. The zero-order chi connectivity index (χ0) is 11.3. The average molecular weight is 220 g/mol. The number of carbonyl (C=O) groups is 3. The molecular formula is C7H12N2O4S. The normalized spacial score (nSPS) is 11.9. The van der Waals surface area contributed by atoms with Crippen molar-refractivity contribution < 1.29 is 19.5 Å². The van der Waals surface area contributed by atoms with Crippen LogP contribution in [0, 0.1) is 0 Å². The highest BCUT2D eigenvalue weighted by atomic mass is 32.2. The highest BCUT2D eigenvalue weighted by molar-refractivity contribution is 8.14. The Morgan fingerprint density at radius 3 is 2.21 bits per heavy atom. The van der Waals surface area contributed by atoms with Crippen molar-refractivity contribution in [2.24, 2.45) is 5.73 Å². The van der Waals surface area contributed by atoms with E-state index in [0.717, 1.165) is 0 Å². The van der Waals surface area contributed by atoms with Gasteiger partial charge in [-0.2, -0.15) is 0 Å². The van der Waals surface area contributed by atoms with E-state index in [2.05, 4.69) is 0 Å². The summed E-state index contributed by atoms with van der Waals surface area (Å²) in [6.07, 6.45) is -0.348. The van der Waals surface area contributed by atoms with Gasteiger partial charge in [-0.3, -0.25) is 14.4 Å². The van der Waals surface area contributed by atoms with E-state index in [1.54, 1.807) is 0 Å². The van der Waals surface area contributed by atoms with Gasteiger partial charge in [0.15, 0.2) is 0 Å². The van der Waals surface area contributed by atoms with Gasteiger partial charge in [-0.05, 0) is 11.8 Å². The first kappa shape index (κ1) is 12.8. The Morgan fingerprint density at radius 1 is 1.43 bits per heavy atom. The van der Waals surface area contributed by atoms with Crippen LogP contribution < -0.4 is 5.73 Å². The Bertz CT molecular complexity index is 254. The topological polar surface area (TPSA) is 101 Å². The summed E-state index contributed by atoms with van der Waals surface area (Å²) in [7, 11) is 3.00. The number of nitrogens with zero attached hydrogens (tertiary/aromatic N) is 1. The number of carboxylic acids is 1. The van der Waals surface area contributed by atoms with Crippen molar-refractivity contribution in [2.75, 3.05) is 14.1 Å². The molecule has 0 aliphatic carbocycles. The van der Waals surface area contributed by atoms with E-state index >= 15 is 0 Å². The van der Waals surface area contributed by atoms with Crippen LogP contribution in [-0.2, 0) is 9.59 Å². The molecule has 0 heterocycles. The van der Waals surface area contributed by atoms with Gasteiger partial charge in [0, 0.05) is 20.5 Å². The fourth-order valence-corrected chi connectivity index (χ4v) is 1.39. The fourth-order valence-electron chi connectivity index (χ4n) is 0.589. The minimum absolute atomic E-state index is 0.348. The largest absolute Gasteiger partial charge is 0.480 e. The molecule has 0 aliphatic heterocycles. The molecule has 0 saturated carbocycles. The quantitative estimate of drug-likeness (QED) is 0.679. The van der Waals surface area contributed by atoms with Gasteiger partial charge in [0.1, 0.15) is 5.25 Å². The number of aliphatic carboxylic acids is 1. The number of carboxylic acid groups (broad SMARTS) is 1. The second-order valence-electron chi connectivity index (χ2n) is 2.78. The maximum atomic E-state index is 11.1. The van der Waals surface area contributed by atoms with E-state index in [-0.39, 0.29) is 6.42 Å². The molecule has 0 unspecified atom stereocenters. The molecule has 0 aromatic carbocycles. The van der Waals surface area contributed by atoms with Crippen molar-refractivity contribution in [3.63, 3.8) is 0 Å². The third kappa shape index (κ3) is 4.70. The number of hydrogen-bond acceptors (Lipinski definition) is 4. The predicted molar refractivity (Wildman–Crippen MR) is 51.9 cm³/mol. The van der Waals surface area contributed by atoms with Crippen LogP contribution >= 0.6 is 11.8 Å². The van der Waals surface area contributed by atoms with Gasteiger partial charge in [0.05, 0.1) is 0 Å². The molecule has 80 valence electrons. The summed E-state index contributed by atoms with van der Waals surface area (Å²) < 4.78 is 0. The van der Waals surface area contributed by atoms with Gasteiger partial charge < -0.3 is 15.7 Å². The van der Waals surface area contributed by atoms with Crippen molar-refractivity contribution in [3.8, 4) is 0 Å². The first-order chi connectivity index (χ1) is 6.34. The molecular weight excluding hydrogens is 208 g/mol. The molecule has 0 bridgehead atoms. The Labute approximate surface area is 85.4 Å². The fraction of sp³-hybridized carbons (Fsp3) is 0.571. The molecule has 7 heteroatoms. The molecule has 0 rings (SSSR count). The molecule has 6 nitrogen and oxygen atoms in total. The van der Waals surface area contributed by atoms with Crippen LogP contribution in [0.4, 0.5) is 4.79 Å². The lowest BCUT2D eigenvalue weighted by molar-refractivity contribution is -0.137. The van der Waals surface area contributed by atoms with Crippen LogP contribution in [-0.4, -0.2) is 46.5 Å². The van der Waals surface area contributed by atoms with Crippen molar-refractivity contribution >= 4 is 28.9 Å². The maximum absolute atomic E-state index is 11.1. The molecule has 0 aromatic rings. The molecule has 14 heavy (non-hydrogen) atoms. The second kappa shape index (κ2) is 5.48. The third-order valence-corrected chi connectivity index (χ3v) is 2.49. The van der Waals surface area contributed by atoms with E-state index in [4.69, 9.17) is 10.8 Å².